The number of thiophene rings is 2. The Kier molecular flexibility index (Phi) is 2.70. The van der Waals surface area contributed by atoms with Crippen LogP contribution in [0.4, 0.5) is 0 Å². The van der Waals surface area contributed by atoms with Crippen molar-refractivity contribution in [1.82, 2.24) is 4.57 Å². The summed E-state index contributed by atoms with van der Waals surface area (Å²) >= 11 is 3.80. The molecule has 0 saturated heterocycles. The van der Waals surface area contributed by atoms with Gasteiger partial charge in [-0.2, -0.15) is 0 Å². The van der Waals surface area contributed by atoms with E-state index in [1.54, 1.807) is 0 Å². The standard InChI is InChI=1S/C22H13NS2/c1-2-8-14(9-3-1)23-20-16-11-5-7-13-18(16)24-21(20)19-15-10-4-6-12-17(15)25-22(19)23/h1-13H. The van der Waals surface area contributed by atoms with Crippen LogP contribution in [-0.4, -0.2) is 4.57 Å². The van der Waals surface area contributed by atoms with Gasteiger partial charge in [-0.1, -0.05) is 54.6 Å². The molecule has 0 aliphatic rings. The second-order valence-electron chi connectivity index (χ2n) is 6.23. The molecule has 1 nitrogen and oxygen atoms in total. The highest BCUT2D eigenvalue weighted by molar-refractivity contribution is 7.30. The molecule has 0 atom stereocenters. The van der Waals surface area contributed by atoms with Gasteiger partial charge in [0.1, 0.15) is 4.83 Å². The summed E-state index contributed by atoms with van der Waals surface area (Å²) in [5.41, 5.74) is 2.58. The quantitative estimate of drug-likeness (QED) is 0.293. The van der Waals surface area contributed by atoms with Gasteiger partial charge >= 0.3 is 0 Å². The molecule has 3 heterocycles. The lowest BCUT2D eigenvalue weighted by Crippen LogP contribution is -1.91. The molecule has 0 spiro atoms. The van der Waals surface area contributed by atoms with E-state index in [4.69, 9.17) is 0 Å². The highest BCUT2D eigenvalue weighted by Gasteiger charge is 2.21. The Balaban J connectivity index is 1.94. The number of aromatic nitrogens is 1. The summed E-state index contributed by atoms with van der Waals surface area (Å²) < 4.78 is 6.57. The van der Waals surface area contributed by atoms with Gasteiger partial charge in [-0.25, -0.2) is 0 Å². The molecule has 0 aliphatic heterocycles. The molecule has 25 heavy (non-hydrogen) atoms. The van der Waals surface area contributed by atoms with E-state index in [2.05, 4.69) is 83.4 Å². The lowest BCUT2D eigenvalue weighted by atomic mass is 10.2. The minimum absolute atomic E-state index is 1.23. The van der Waals surface area contributed by atoms with Gasteiger partial charge in [0.05, 0.1) is 10.2 Å². The van der Waals surface area contributed by atoms with Crippen molar-refractivity contribution in [2.24, 2.45) is 0 Å². The van der Waals surface area contributed by atoms with Crippen LogP contribution in [0.2, 0.25) is 0 Å². The lowest BCUT2D eigenvalue weighted by molar-refractivity contribution is 1.20. The Bertz CT molecular complexity index is 1380. The lowest BCUT2D eigenvalue weighted by Gasteiger charge is -2.05. The number of benzene rings is 3. The molecule has 0 N–H and O–H groups in total. The van der Waals surface area contributed by atoms with Crippen LogP contribution in [0, 0.1) is 0 Å². The topological polar surface area (TPSA) is 4.93 Å². The minimum atomic E-state index is 1.23. The number of hydrogen-bond acceptors (Lipinski definition) is 2. The molecule has 0 aliphatic carbocycles. The Labute approximate surface area is 152 Å². The van der Waals surface area contributed by atoms with Crippen LogP contribution in [0.3, 0.4) is 0 Å². The molecule has 6 rings (SSSR count). The monoisotopic (exact) mass is 355 g/mol. The predicted molar refractivity (Wildman–Crippen MR) is 112 cm³/mol. The van der Waals surface area contributed by atoms with E-state index in [0.29, 0.717) is 0 Å². The summed E-state index contributed by atoms with van der Waals surface area (Å²) in [6.45, 7) is 0. The number of rotatable bonds is 1. The first-order valence-electron chi connectivity index (χ1n) is 8.30. The van der Waals surface area contributed by atoms with Crippen molar-refractivity contribution in [2.45, 2.75) is 0 Å². The van der Waals surface area contributed by atoms with E-state index < -0.39 is 0 Å². The maximum absolute atomic E-state index is 2.45. The zero-order valence-electron chi connectivity index (χ0n) is 13.3. The van der Waals surface area contributed by atoms with Gasteiger partial charge in [0.25, 0.3) is 0 Å². The molecule has 0 bridgehead atoms. The Morgan fingerprint density at radius 2 is 1.24 bits per heavy atom. The summed E-state index contributed by atoms with van der Waals surface area (Å²) in [6, 6.07) is 28.3. The van der Waals surface area contributed by atoms with Gasteiger partial charge < -0.3 is 0 Å². The molecule has 0 saturated carbocycles. The van der Waals surface area contributed by atoms with Crippen molar-refractivity contribution in [3.8, 4) is 5.69 Å². The van der Waals surface area contributed by atoms with E-state index in [1.165, 1.54) is 46.3 Å². The molecule has 0 unspecified atom stereocenters. The van der Waals surface area contributed by atoms with Gasteiger partial charge in [0.2, 0.25) is 0 Å². The second kappa shape index (κ2) is 4.94. The first-order valence-corrected chi connectivity index (χ1v) is 9.94. The largest absolute Gasteiger partial charge is 0.299 e. The van der Waals surface area contributed by atoms with Crippen molar-refractivity contribution < 1.29 is 0 Å². The third-order valence-corrected chi connectivity index (χ3v) is 7.15. The maximum Gasteiger partial charge on any atom is 0.110 e. The zero-order chi connectivity index (χ0) is 16.4. The number of para-hydroxylation sites is 1. The summed E-state index contributed by atoms with van der Waals surface area (Å²) in [5.74, 6) is 0. The van der Waals surface area contributed by atoms with Crippen molar-refractivity contribution in [3.63, 3.8) is 0 Å². The Hall–Kier alpha value is -2.62. The molecule has 3 heteroatoms. The summed E-state index contributed by atoms with van der Waals surface area (Å²) in [6.07, 6.45) is 0. The third kappa shape index (κ3) is 1.77. The molecule has 0 radical (unpaired) electrons. The van der Waals surface area contributed by atoms with Crippen LogP contribution >= 0.6 is 22.7 Å². The fourth-order valence-electron chi connectivity index (χ4n) is 3.76. The highest BCUT2D eigenvalue weighted by atomic mass is 32.1. The van der Waals surface area contributed by atoms with Gasteiger partial charge in [-0.05, 0) is 24.3 Å². The molecule has 0 fully saturated rings. The zero-order valence-corrected chi connectivity index (χ0v) is 14.9. The van der Waals surface area contributed by atoms with Crippen LogP contribution in [0.15, 0.2) is 78.9 Å². The van der Waals surface area contributed by atoms with Gasteiger partial charge in [0.15, 0.2) is 0 Å². The average molecular weight is 355 g/mol. The molecule has 118 valence electrons. The minimum Gasteiger partial charge on any atom is -0.299 e. The van der Waals surface area contributed by atoms with Crippen molar-refractivity contribution in [1.29, 1.82) is 0 Å². The van der Waals surface area contributed by atoms with E-state index in [1.807, 2.05) is 22.7 Å². The van der Waals surface area contributed by atoms with Crippen molar-refractivity contribution in [3.05, 3.63) is 78.9 Å². The van der Waals surface area contributed by atoms with Crippen molar-refractivity contribution >= 4 is 63.3 Å². The summed E-state index contributed by atoms with van der Waals surface area (Å²) in [5, 5.41) is 4.12. The van der Waals surface area contributed by atoms with Crippen LogP contribution in [0.1, 0.15) is 0 Å². The smallest absolute Gasteiger partial charge is 0.110 e. The first-order chi connectivity index (χ1) is 12.4. The molecular weight excluding hydrogens is 342 g/mol. The number of fused-ring (bicyclic) bond motifs is 7. The predicted octanol–water partition coefficient (Wildman–Crippen LogP) is 7.21. The summed E-state index contributed by atoms with van der Waals surface area (Å²) in [4.78, 5) is 1.35. The van der Waals surface area contributed by atoms with E-state index in [-0.39, 0.29) is 0 Å². The van der Waals surface area contributed by atoms with Gasteiger partial charge in [-0.3, -0.25) is 4.57 Å². The SMILES string of the molecule is c1ccc(-n2c3sc4ccccc4c3c3sc4ccccc4c32)cc1. The molecule has 0 amide bonds. The highest BCUT2D eigenvalue weighted by Crippen LogP contribution is 2.47. The Morgan fingerprint density at radius 1 is 0.600 bits per heavy atom. The van der Waals surface area contributed by atoms with Gasteiger partial charge in [0, 0.05) is 31.2 Å². The maximum atomic E-state index is 2.45. The summed E-state index contributed by atoms with van der Waals surface area (Å²) in [7, 11) is 0. The van der Waals surface area contributed by atoms with Crippen LogP contribution in [0.25, 0.3) is 46.3 Å². The van der Waals surface area contributed by atoms with Crippen LogP contribution < -0.4 is 0 Å². The average Bonchev–Trinajstić information content (AvgIpc) is 3.29. The number of hydrogen-bond donors (Lipinski definition) is 0. The van der Waals surface area contributed by atoms with Crippen LogP contribution in [-0.2, 0) is 0 Å². The van der Waals surface area contributed by atoms with E-state index in [0.717, 1.165) is 0 Å². The molecular formula is C22H13NS2. The molecule has 6 aromatic rings. The van der Waals surface area contributed by atoms with Gasteiger partial charge in [-0.15, -0.1) is 22.7 Å². The normalized spacial score (nSPS) is 12.0. The third-order valence-electron chi connectivity index (χ3n) is 4.81. The van der Waals surface area contributed by atoms with Crippen LogP contribution in [0.5, 0.6) is 0 Å². The van der Waals surface area contributed by atoms with E-state index >= 15 is 0 Å². The molecule has 3 aromatic heterocycles. The van der Waals surface area contributed by atoms with E-state index in [9.17, 15) is 0 Å². The fourth-order valence-corrected chi connectivity index (χ4v) is 6.31. The fraction of sp³-hybridized carbons (Fsp3) is 0. The Morgan fingerprint density at radius 3 is 2.04 bits per heavy atom. The second-order valence-corrected chi connectivity index (χ2v) is 8.31. The number of nitrogens with zero attached hydrogens (tertiary/aromatic N) is 1. The van der Waals surface area contributed by atoms with Crippen molar-refractivity contribution in [2.75, 3.05) is 0 Å². The molecule has 3 aromatic carbocycles. The first kappa shape index (κ1) is 13.6.